The molecule has 0 spiro atoms. The summed E-state index contributed by atoms with van der Waals surface area (Å²) in [6, 6.07) is 9.22. The van der Waals surface area contributed by atoms with Crippen LogP contribution in [0.1, 0.15) is 77.2 Å². The number of halogens is 1. The van der Waals surface area contributed by atoms with Gasteiger partial charge >= 0.3 is 0 Å². The molecule has 148 valence electrons. The van der Waals surface area contributed by atoms with Gasteiger partial charge in [-0.15, -0.1) is 0 Å². The summed E-state index contributed by atoms with van der Waals surface area (Å²) >= 11 is 0. The number of aryl methyl sites for hydroxylation is 1. The molecule has 0 N–H and O–H groups in total. The van der Waals surface area contributed by atoms with Crippen molar-refractivity contribution in [3.05, 3.63) is 47.9 Å². The molecule has 0 unspecified atom stereocenters. The monoisotopic (exact) mass is 371 g/mol. The average molecular weight is 372 g/mol. The van der Waals surface area contributed by atoms with Gasteiger partial charge in [0.25, 0.3) is 0 Å². The van der Waals surface area contributed by atoms with Gasteiger partial charge in [-0.2, -0.15) is 0 Å². The first-order valence-corrected chi connectivity index (χ1v) is 10.6. The third-order valence-corrected chi connectivity index (χ3v) is 4.88. The minimum Gasteiger partial charge on any atom is -0.491 e. The summed E-state index contributed by atoms with van der Waals surface area (Å²) in [5.41, 5.74) is 2.85. The first-order chi connectivity index (χ1) is 13.2. The van der Waals surface area contributed by atoms with E-state index in [0.29, 0.717) is 12.4 Å². The Labute approximate surface area is 164 Å². The van der Waals surface area contributed by atoms with E-state index in [9.17, 15) is 4.39 Å². The van der Waals surface area contributed by atoms with Crippen molar-refractivity contribution in [1.82, 2.24) is 4.98 Å². The average Bonchev–Trinajstić information content (AvgIpc) is 2.69. The van der Waals surface area contributed by atoms with Crippen LogP contribution in [0.5, 0.6) is 5.75 Å². The highest BCUT2D eigenvalue weighted by Gasteiger charge is 2.07. The molecule has 2 rings (SSSR count). The van der Waals surface area contributed by atoms with Crippen LogP contribution in [-0.4, -0.2) is 11.6 Å². The SMILES string of the molecule is CCCCCCCc1ccc(-c2ccc(OCCCCCC)c(F)c2)nc1. The standard InChI is InChI=1S/C24H34FNO/c1-3-5-7-9-10-12-20-13-15-23(26-19-20)21-14-16-24(22(25)18-21)27-17-11-8-6-4-2/h13-16,18-19H,3-12,17H2,1-2H3. The molecule has 1 aromatic heterocycles. The molecule has 0 bridgehead atoms. The molecule has 27 heavy (non-hydrogen) atoms. The number of ether oxygens (including phenoxy) is 1. The normalized spacial score (nSPS) is 10.9. The predicted octanol–water partition coefficient (Wildman–Crippen LogP) is 7.36. The molecule has 1 heterocycles. The molecule has 0 aliphatic carbocycles. The summed E-state index contributed by atoms with van der Waals surface area (Å²) in [5, 5.41) is 0. The van der Waals surface area contributed by atoms with Crippen molar-refractivity contribution < 1.29 is 9.13 Å². The number of nitrogens with zero attached hydrogens (tertiary/aromatic N) is 1. The van der Waals surface area contributed by atoms with Gasteiger partial charge in [-0.05, 0) is 49.1 Å². The summed E-state index contributed by atoms with van der Waals surface area (Å²) in [4.78, 5) is 4.52. The highest BCUT2D eigenvalue weighted by molar-refractivity contribution is 5.60. The zero-order chi connectivity index (χ0) is 19.3. The lowest BCUT2D eigenvalue weighted by Gasteiger charge is -2.09. The molecule has 0 atom stereocenters. The first kappa shape index (κ1) is 21.4. The van der Waals surface area contributed by atoms with E-state index in [-0.39, 0.29) is 5.82 Å². The van der Waals surface area contributed by atoms with Gasteiger partial charge in [0.15, 0.2) is 11.6 Å². The van der Waals surface area contributed by atoms with Crippen LogP contribution in [-0.2, 0) is 6.42 Å². The number of rotatable bonds is 13. The molecule has 0 saturated carbocycles. The maximum Gasteiger partial charge on any atom is 0.165 e. The summed E-state index contributed by atoms with van der Waals surface area (Å²) in [6.07, 6.45) is 13.9. The Balaban J connectivity index is 1.85. The number of aromatic nitrogens is 1. The number of benzene rings is 1. The molecule has 2 aromatic rings. The minimum absolute atomic E-state index is 0.315. The summed E-state index contributed by atoms with van der Waals surface area (Å²) in [7, 11) is 0. The zero-order valence-electron chi connectivity index (χ0n) is 17.0. The molecule has 0 aliphatic rings. The summed E-state index contributed by atoms with van der Waals surface area (Å²) < 4.78 is 19.9. The smallest absolute Gasteiger partial charge is 0.165 e. The fourth-order valence-electron chi connectivity index (χ4n) is 3.16. The number of hydrogen-bond acceptors (Lipinski definition) is 2. The van der Waals surface area contributed by atoms with Crippen LogP contribution in [0.3, 0.4) is 0 Å². The van der Waals surface area contributed by atoms with Gasteiger partial charge < -0.3 is 4.74 Å². The van der Waals surface area contributed by atoms with Gasteiger partial charge in [0.05, 0.1) is 12.3 Å². The molecular weight excluding hydrogens is 337 g/mol. The maximum absolute atomic E-state index is 14.3. The van der Waals surface area contributed by atoms with E-state index in [1.54, 1.807) is 6.07 Å². The Morgan fingerprint density at radius 1 is 0.852 bits per heavy atom. The Morgan fingerprint density at radius 3 is 2.26 bits per heavy atom. The molecule has 0 fully saturated rings. The molecule has 3 heteroatoms. The topological polar surface area (TPSA) is 22.1 Å². The lowest BCUT2D eigenvalue weighted by Crippen LogP contribution is -1.99. The largest absolute Gasteiger partial charge is 0.491 e. The second-order valence-corrected chi connectivity index (χ2v) is 7.27. The van der Waals surface area contributed by atoms with Gasteiger partial charge in [-0.25, -0.2) is 4.39 Å². The number of unbranched alkanes of at least 4 members (excludes halogenated alkanes) is 7. The third kappa shape index (κ3) is 7.70. The van der Waals surface area contributed by atoms with E-state index in [4.69, 9.17) is 4.74 Å². The fourth-order valence-corrected chi connectivity index (χ4v) is 3.16. The summed E-state index contributed by atoms with van der Waals surface area (Å²) in [5.74, 6) is 0.0174. The second kappa shape index (κ2) is 12.5. The van der Waals surface area contributed by atoms with Crippen LogP contribution >= 0.6 is 0 Å². The van der Waals surface area contributed by atoms with Crippen molar-refractivity contribution >= 4 is 0 Å². The van der Waals surface area contributed by atoms with E-state index in [2.05, 4.69) is 24.9 Å². The van der Waals surface area contributed by atoms with Crippen LogP contribution in [0.4, 0.5) is 4.39 Å². The van der Waals surface area contributed by atoms with Gasteiger partial charge in [0.1, 0.15) is 0 Å². The molecule has 2 nitrogen and oxygen atoms in total. The van der Waals surface area contributed by atoms with Crippen LogP contribution in [0.2, 0.25) is 0 Å². The van der Waals surface area contributed by atoms with Gasteiger partial charge in [0.2, 0.25) is 0 Å². The van der Waals surface area contributed by atoms with Crippen molar-refractivity contribution in [1.29, 1.82) is 0 Å². The van der Waals surface area contributed by atoms with E-state index in [1.807, 2.05) is 18.3 Å². The lowest BCUT2D eigenvalue weighted by atomic mass is 10.1. The third-order valence-electron chi connectivity index (χ3n) is 4.88. The van der Waals surface area contributed by atoms with Crippen LogP contribution in [0.25, 0.3) is 11.3 Å². The Bertz CT molecular complexity index is 654. The van der Waals surface area contributed by atoms with Crippen molar-refractivity contribution in [2.75, 3.05) is 6.61 Å². The zero-order valence-corrected chi connectivity index (χ0v) is 17.0. The van der Waals surface area contributed by atoms with Crippen LogP contribution < -0.4 is 4.74 Å². The van der Waals surface area contributed by atoms with Gasteiger partial charge in [-0.1, -0.05) is 64.9 Å². The van der Waals surface area contributed by atoms with E-state index >= 15 is 0 Å². The van der Waals surface area contributed by atoms with E-state index < -0.39 is 0 Å². The van der Waals surface area contributed by atoms with Gasteiger partial charge in [0, 0.05) is 11.8 Å². The maximum atomic E-state index is 14.3. The summed E-state index contributed by atoms with van der Waals surface area (Å²) in [6.45, 7) is 4.98. The van der Waals surface area contributed by atoms with Crippen molar-refractivity contribution in [2.45, 2.75) is 78.1 Å². The minimum atomic E-state index is -0.315. The second-order valence-electron chi connectivity index (χ2n) is 7.27. The molecular formula is C24H34FNO. The highest BCUT2D eigenvalue weighted by atomic mass is 19.1. The van der Waals surface area contributed by atoms with Crippen LogP contribution in [0, 0.1) is 5.82 Å². The molecule has 0 aliphatic heterocycles. The van der Waals surface area contributed by atoms with Crippen molar-refractivity contribution in [2.24, 2.45) is 0 Å². The van der Waals surface area contributed by atoms with E-state index in [1.165, 1.54) is 56.6 Å². The van der Waals surface area contributed by atoms with Gasteiger partial charge in [-0.3, -0.25) is 4.98 Å². The fraction of sp³-hybridized carbons (Fsp3) is 0.542. The number of pyridine rings is 1. The van der Waals surface area contributed by atoms with Crippen molar-refractivity contribution in [3.63, 3.8) is 0 Å². The Hall–Kier alpha value is -1.90. The van der Waals surface area contributed by atoms with Crippen LogP contribution in [0.15, 0.2) is 36.5 Å². The number of hydrogen-bond donors (Lipinski definition) is 0. The molecule has 1 aromatic carbocycles. The Kier molecular flexibility index (Phi) is 9.89. The van der Waals surface area contributed by atoms with Crippen molar-refractivity contribution in [3.8, 4) is 17.0 Å². The molecule has 0 amide bonds. The first-order valence-electron chi connectivity index (χ1n) is 10.6. The highest BCUT2D eigenvalue weighted by Crippen LogP contribution is 2.25. The van der Waals surface area contributed by atoms with E-state index in [0.717, 1.165) is 30.5 Å². The predicted molar refractivity (Wildman–Crippen MR) is 112 cm³/mol. The quantitative estimate of drug-likeness (QED) is 0.343. The molecule has 0 saturated heterocycles. The lowest BCUT2D eigenvalue weighted by molar-refractivity contribution is 0.290. The molecule has 0 radical (unpaired) electrons. The Morgan fingerprint density at radius 2 is 1.59 bits per heavy atom.